The number of hydrogen-bond acceptors (Lipinski definition) is 4. The molecule has 0 saturated heterocycles. The molecule has 35 heavy (non-hydrogen) atoms. The number of anilines is 1. The third-order valence-corrected chi connectivity index (χ3v) is 6.47. The molecular weight excluding hydrogens is 483 g/mol. The second-order valence-corrected chi connectivity index (χ2v) is 10.3. The first kappa shape index (κ1) is 25.2. The second-order valence-electron chi connectivity index (χ2n) is 9.47. The van der Waals surface area contributed by atoms with Crippen molar-refractivity contribution in [3.63, 3.8) is 0 Å². The van der Waals surface area contributed by atoms with Crippen LogP contribution in [-0.2, 0) is 21.6 Å². The van der Waals surface area contributed by atoms with Gasteiger partial charge >= 0.3 is 5.97 Å². The molecule has 1 N–H and O–H groups in total. The highest BCUT2D eigenvalue weighted by Crippen LogP contribution is 2.48. The smallest absolute Gasteiger partial charge is 0.338 e. The van der Waals surface area contributed by atoms with E-state index in [1.54, 1.807) is 35.2 Å². The molecule has 3 aromatic rings. The van der Waals surface area contributed by atoms with Crippen LogP contribution >= 0.6 is 23.2 Å². The Morgan fingerprint density at radius 2 is 1.69 bits per heavy atom. The SMILES string of the molecule is CCNC1(c2ccccc2Cl)C(=O)N(Cc2ccccc2C(=O)OC(C)(C)C)c2ccc(Cl)cc21. The molecule has 0 spiro atoms. The molecule has 0 saturated carbocycles. The Labute approximate surface area is 216 Å². The molecule has 0 aliphatic carbocycles. The van der Waals surface area contributed by atoms with E-state index in [9.17, 15) is 9.59 Å². The van der Waals surface area contributed by atoms with Crippen LogP contribution in [0.5, 0.6) is 0 Å². The van der Waals surface area contributed by atoms with Crippen LogP contribution in [0.2, 0.25) is 10.0 Å². The van der Waals surface area contributed by atoms with Crippen LogP contribution in [0, 0.1) is 0 Å². The number of esters is 1. The number of nitrogens with zero attached hydrogens (tertiary/aromatic N) is 1. The van der Waals surface area contributed by atoms with Gasteiger partial charge in [0.2, 0.25) is 0 Å². The van der Waals surface area contributed by atoms with Crippen LogP contribution in [0.1, 0.15) is 54.7 Å². The zero-order valence-corrected chi connectivity index (χ0v) is 21.7. The Morgan fingerprint density at radius 3 is 2.37 bits per heavy atom. The van der Waals surface area contributed by atoms with E-state index >= 15 is 0 Å². The van der Waals surface area contributed by atoms with Gasteiger partial charge in [-0.1, -0.05) is 66.5 Å². The van der Waals surface area contributed by atoms with Gasteiger partial charge in [0.1, 0.15) is 5.60 Å². The van der Waals surface area contributed by atoms with Gasteiger partial charge in [-0.2, -0.15) is 0 Å². The molecule has 1 amide bonds. The van der Waals surface area contributed by atoms with Gasteiger partial charge in [0.25, 0.3) is 5.91 Å². The van der Waals surface area contributed by atoms with Crippen molar-refractivity contribution in [1.82, 2.24) is 5.32 Å². The average Bonchev–Trinajstić information content (AvgIpc) is 3.01. The summed E-state index contributed by atoms with van der Waals surface area (Å²) in [6, 6.07) is 19.9. The van der Waals surface area contributed by atoms with Gasteiger partial charge in [-0.25, -0.2) is 4.79 Å². The van der Waals surface area contributed by atoms with Crippen LogP contribution in [0.25, 0.3) is 0 Å². The number of benzene rings is 3. The predicted molar refractivity (Wildman–Crippen MR) is 140 cm³/mol. The molecule has 3 aromatic carbocycles. The summed E-state index contributed by atoms with van der Waals surface area (Å²) in [6.45, 7) is 8.12. The molecule has 7 heteroatoms. The van der Waals surface area contributed by atoms with Gasteiger partial charge in [0.05, 0.1) is 17.8 Å². The average molecular weight is 511 g/mol. The van der Waals surface area contributed by atoms with Gasteiger partial charge in [-0.15, -0.1) is 0 Å². The number of rotatable bonds is 6. The highest BCUT2D eigenvalue weighted by Gasteiger charge is 2.52. The highest BCUT2D eigenvalue weighted by molar-refractivity contribution is 6.32. The van der Waals surface area contributed by atoms with Crippen molar-refractivity contribution >= 4 is 40.8 Å². The first-order chi connectivity index (χ1) is 16.6. The number of ether oxygens (including phenoxy) is 1. The van der Waals surface area contributed by atoms with E-state index in [1.807, 2.05) is 64.1 Å². The zero-order valence-electron chi connectivity index (χ0n) is 20.2. The van der Waals surface area contributed by atoms with E-state index in [0.29, 0.717) is 39.0 Å². The molecule has 0 aromatic heterocycles. The largest absolute Gasteiger partial charge is 0.456 e. The first-order valence-electron chi connectivity index (χ1n) is 11.5. The maximum absolute atomic E-state index is 14.3. The number of likely N-dealkylation sites (N-methyl/N-ethyl adjacent to an activating group) is 1. The molecule has 0 radical (unpaired) electrons. The summed E-state index contributed by atoms with van der Waals surface area (Å²) in [5.41, 5.74) is 1.33. The lowest BCUT2D eigenvalue weighted by Crippen LogP contribution is -2.51. The number of hydrogen-bond donors (Lipinski definition) is 1. The minimum Gasteiger partial charge on any atom is -0.456 e. The molecule has 1 aliphatic heterocycles. The maximum Gasteiger partial charge on any atom is 0.338 e. The van der Waals surface area contributed by atoms with Crippen LogP contribution in [0.4, 0.5) is 5.69 Å². The van der Waals surface area contributed by atoms with E-state index in [2.05, 4.69) is 5.32 Å². The summed E-state index contributed by atoms with van der Waals surface area (Å²) in [4.78, 5) is 28.9. The quantitative estimate of drug-likeness (QED) is 0.392. The van der Waals surface area contributed by atoms with E-state index in [1.165, 1.54) is 0 Å². The topological polar surface area (TPSA) is 58.6 Å². The zero-order chi connectivity index (χ0) is 25.4. The number of fused-ring (bicyclic) bond motifs is 1. The fourth-order valence-electron chi connectivity index (χ4n) is 4.55. The molecule has 0 bridgehead atoms. The van der Waals surface area contributed by atoms with Crippen LogP contribution in [0.3, 0.4) is 0 Å². The predicted octanol–water partition coefficient (Wildman–Crippen LogP) is 6.35. The Bertz CT molecular complexity index is 1290. The van der Waals surface area contributed by atoms with Crippen molar-refractivity contribution in [2.24, 2.45) is 0 Å². The van der Waals surface area contributed by atoms with Crippen molar-refractivity contribution in [3.8, 4) is 0 Å². The molecule has 1 heterocycles. The minimum atomic E-state index is -1.21. The van der Waals surface area contributed by atoms with E-state index in [4.69, 9.17) is 27.9 Å². The second kappa shape index (κ2) is 9.65. The lowest BCUT2D eigenvalue weighted by Gasteiger charge is -2.31. The summed E-state index contributed by atoms with van der Waals surface area (Å²) in [5, 5.41) is 4.40. The maximum atomic E-state index is 14.3. The monoisotopic (exact) mass is 510 g/mol. The molecular formula is C28H28Cl2N2O3. The van der Waals surface area contributed by atoms with E-state index in [-0.39, 0.29) is 12.5 Å². The first-order valence-corrected chi connectivity index (χ1v) is 12.3. The highest BCUT2D eigenvalue weighted by atomic mass is 35.5. The fraction of sp³-hybridized carbons (Fsp3) is 0.286. The molecule has 1 aliphatic rings. The van der Waals surface area contributed by atoms with Gasteiger partial charge in [0.15, 0.2) is 5.54 Å². The van der Waals surface area contributed by atoms with Gasteiger partial charge in [0, 0.05) is 21.2 Å². The van der Waals surface area contributed by atoms with E-state index in [0.717, 1.165) is 5.56 Å². The Kier molecular flexibility index (Phi) is 6.96. The summed E-state index contributed by atoms with van der Waals surface area (Å²) >= 11 is 13.0. The van der Waals surface area contributed by atoms with Crippen molar-refractivity contribution in [2.75, 3.05) is 11.4 Å². The normalized spacial score (nSPS) is 17.4. The molecule has 4 rings (SSSR count). The van der Waals surface area contributed by atoms with Crippen molar-refractivity contribution in [1.29, 1.82) is 0 Å². The number of nitrogens with one attached hydrogen (secondary N) is 1. The minimum absolute atomic E-state index is 0.181. The standard InChI is InChI=1S/C28H28Cl2N2O3/c1-5-31-28(21-12-8-9-13-23(21)30)22-16-19(29)14-15-24(22)32(26(28)34)17-18-10-6-7-11-20(18)25(33)35-27(2,3)4/h6-16,31H,5,17H2,1-4H3. The van der Waals surface area contributed by atoms with E-state index < -0.39 is 17.1 Å². The molecule has 5 nitrogen and oxygen atoms in total. The third-order valence-electron chi connectivity index (χ3n) is 5.90. The lowest BCUT2D eigenvalue weighted by molar-refractivity contribution is -0.123. The van der Waals surface area contributed by atoms with Crippen molar-refractivity contribution in [3.05, 3.63) is 99.0 Å². The number of amides is 1. The van der Waals surface area contributed by atoms with Crippen LogP contribution in [0.15, 0.2) is 66.7 Å². The van der Waals surface area contributed by atoms with Crippen LogP contribution < -0.4 is 10.2 Å². The summed E-state index contributed by atoms with van der Waals surface area (Å²) in [7, 11) is 0. The summed E-state index contributed by atoms with van der Waals surface area (Å²) in [5.74, 6) is -0.621. The van der Waals surface area contributed by atoms with Crippen molar-refractivity contribution in [2.45, 2.75) is 45.4 Å². The number of halogens is 2. The lowest BCUT2D eigenvalue weighted by atomic mass is 9.83. The van der Waals surface area contributed by atoms with Gasteiger partial charge < -0.3 is 9.64 Å². The Hall–Kier alpha value is -2.86. The fourth-order valence-corrected chi connectivity index (χ4v) is 5.00. The molecule has 182 valence electrons. The Balaban J connectivity index is 1.85. The van der Waals surface area contributed by atoms with Crippen molar-refractivity contribution < 1.29 is 14.3 Å². The van der Waals surface area contributed by atoms with Crippen LogP contribution in [-0.4, -0.2) is 24.0 Å². The number of carbonyl (C=O) groups is 2. The van der Waals surface area contributed by atoms with Gasteiger partial charge in [-0.05, 0) is 63.2 Å². The molecule has 0 fully saturated rings. The molecule has 1 unspecified atom stereocenters. The third kappa shape index (κ3) is 4.68. The molecule has 1 atom stereocenters. The summed E-state index contributed by atoms with van der Waals surface area (Å²) < 4.78 is 5.62. The van der Waals surface area contributed by atoms with Gasteiger partial charge in [-0.3, -0.25) is 10.1 Å². The Morgan fingerprint density at radius 1 is 1.00 bits per heavy atom. The summed E-state index contributed by atoms with van der Waals surface area (Å²) in [6.07, 6.45) is 0. The number of carbonyl (C=O) groups excluding carboxylic acids is 2.